The Kier molecular flexibility index (Phi) is 9.57. The number of carbonyl (C=O) groups excluding carboxylic acids is 2. The number of hydrogen-bond acceptors (Lipinski definition) is 9. The van der Waals surface area contributed by atoms with Gasteiger partial charge in [0.2, 0.25) is 5.13 Å². The van der Waals surface area contributed by atoms with Crippen molar-refractivity contribution >= 4 is 45.8 Å². The highest BCUT2D eigenvalue weighted by Crippen LogP contribution is 2.28. The summed E-state index contributed by atoms with van der Waals surface area (Å²) in [7, 11) is 0. The maximum atomic E-state index is 12.5. The summed E-state index contributed by atoms with van der Waals surface area (Å²) in [6.07, 6.45) is 5.16. The number of aromatic nitrogens is 2. The lowest BCUT2D eigenvalue weighted by Gasteiger charge is -2.21. The maximum Gasteiger partial charge on any atom is 0.317 e. The molecule has 1 heterocycles. The van der Waals surface area contributed by atoms with E-state index in [-0.39, 0.29) is 5.75 Å². The van der Waals surface area contributed by atoms with E-state index < -0.39 is 18.0 Å². The summed E-state index contributed by atoms with van der Waals surface area (Å²) in [5.74, 6) is -0.129. The van der Waals surface area contributed by atoms with Gasteiger partial charge in [-0.1, -0.05) is 72.7 Å². The topological polar surface area (TPSA) is 102 Å². The van der Waals surface area contributed by atoms with E-state index in [9.17, 15) is 9.59 Å². The fourth-order valence-corrected chi connectivity index (χ4v) is 5.38. The van der Waals surface area contributed by atoms with Crippen LogP contribution in [-0.4, -0.2) is 40.0 Å². The van der Waals surface area contributed by atoms with E-state index in [2.05, 4.69) is 20.8 Å². The SMILES string of the molecule is CC(OC(=O)CSc1nnc(NC2CCCCC2)s1)C(=O)Nc1ccc(OCc2ccccc2)cc1. The maximum absolute atomic E-state index is 12.5. The molecule has 1 atom stereocenters. The molecule has 0 radical (unpaired) electrons. The Balaban J connectivity index is 1.16. The fraction of sp³-hybridized carbons (Fsp3) is 0.385. The van der Waals surface area contributed by atoms with Gasteiger partial charge in [-0.25, -0.2) is 0 Å². The molecule has 2 aromatic carbocycles. The third-order valence-corrected chi connectivity index (χ3v) is 7.66. The van der Waals surface area contributed by atoms with Crippen LogP contribution >= 0.6 is 23.1 Å². The molecule has 4 rings (SSSR count). The minimum Gasteiger partial charge on any atom is -0.489 e. The lowest BCUT2D eigenvalue weighted by Crippen LogP contribution is -2.30. The van der Waals surface area contributed by atoms with E-state index in [1.165, 1.54) is 42.4 Å². The van der Waals surface area contributed by atoms with E-state index >= 15 is 0 Å². The smallest absolute Gasteiger partial charge is 0.317 e. The lowest BCUT2D eigenvalue weighted by atomic mass is 9.96. The summed E-state index contributed by atoms with van der Waals surface area (Å²) in [4.78, 5) is 24.7. The lowest BCUT2D eigenvalue weighted by molar-refractivity contribution is -0.150. The Morgan fingerprint density at radius 3 is 2.56 bits per heavy atom. The minimum absolute atomic E-state index is 0.0587. The van der Waals surface area contributed by atoms with E-state index in [4.69, 9.17) is 9.47 Å². The number of rotatable bonds is 11. The zero-order valence-electron chi connectivity index (χ0n) is 20.1. The second-order valence-electron chi connectivity index (χ2n) is 8.56. The van der Waals surface area contributed by atoms with Crippen LogP contribution in [0.3, 0.4) is 0 Å². The Morgan fingerprint density at radius 2 is 1.81 bits per heavy atom. The van der Waals surface area contributed by atoms with Crippen molar-refractivity contribution in [3.63, 3.8) is 0 Å². The molecule has 36 heavy (non-hydrogen) atoms. The molecule has 1 saturated carbocycles. The third kappa shape index (κ3) is 8.23. The summed E-state index contributed by atoms with van der Waals surface area (Å²) in [6, 6.07) is 17.4. The van der Waals surface area contributed by atoms with Gasteiger partial charge in [0.05, 0.1) is 5.75 Å². The van der Waals surface area contributed by atoms with Gasteiger partial charge in [-0.3, -0.25) is 9.59 Å². The average Bonchev–Trinajstić information content (AvgIpc) is 3.35. The van der Waals surface area contributed by atoms with Crippen molar-refractivity contribution in [3.8, 4) is 5.75 Å². The number of benzene rings is 2. The van der Waals surface area contributed by atoms with Gasteiger partial charge in [0.1, 0.15) is 12.4 Å². The van der Waals surface area contributed by atoms with Crippen LogP contribution in [0.2, 0.25) is 0 Å². The van der Waals surface area contributed by atoms with E-state index in [1.54, 1.807) is 31.2 Å². The molecule has 1 amide bonds. The number of hydrogen-bond donors (Lipinski definition) is 2. The second kappa shape index (κ2) is 13.3. The number of thioether (sulfide) groups is 1. The van der Waals surface area contributed by atoms with Crippen LogP contribution in [0.4, 0.5) is 10.8 Å². The van der Waals surface area contributed by atoms with Gasteiger partial charge in [-0.2, -0.15) is 0 Å². The number of amides is 1. The van der Waals surface area contributed by atoms with Gasteiger partial charge in [-0.15, -0.1) is 10.2 Å². The van der Waals surface area contributed by atoms with E-state index in [0.29, 0.717) is 28.4 Å². The first-order valence-electron chi connectivity index (χ1n) is 12.0. The first kappa shape index (κ1) is 26.0. The Bertz CT molecular complexity index is 1120. The zero-order valence-corrected chi connectivity index (χ0v) is 21.8. The highest BCUT2D eigenvalue weighted by atomic mass is 32.2. The molecule has 2 N–H and O–H groups in total. The van der Waals surface area contributed by atoms with Crippen LogP contribution in [0.1, 0.15) is 44.6 Å². The third-order valence-electron chi connectivity index (χ3n) is 5.70. The Morgan fingerprint density at radius 1 is 1.06 bits per heavy atom. The van der Waals surface area contributed by atoms with Crippen LogP contribution < -0.4 is 15.4 Å². The first-order valence-corrected chi connectivity index (χ1v) is 13.9. The van der Waals surface area contributed by atoms with Crippen LogP contribution in [0.25, 0.3) is 0 Å². The van der Waals surface area contributed by atoms with Gasteiger partial charge in [0, 0.05) is 11.7 Å². The molecule has 0 spiro atoms. The van der Waals surface area contributed by atoms with Crippen molar-refractivity contribution in [2.75, 3.05) is 16.4 Å². The van der Waals surface area contributed by atoms with Gasteiger partial charge >= 0.3 is 5.97 Å². The molecule has 10 heteroatoms. The molecule has 190 valence electrons. The summed E-state index contributed by atoms with van der Waals surface area (Å²) in [6.45, 7) is 2.01. The molecular formula is C26H30N4O4S2. The van der Waals surface area contributed by atoms with Crippen molar-refractivity contribution < 1.29 is 19.1 Å². The van der Waals surface area contributed by atoms with Gasteiger partial charge < -0.3 is 20.1 Å². The van der Waals surface area contributed by atoms with Crippen LogP contribution in [0.15, 0.2) is 58.9 Å². The Labute approximate surface area is 219 Å². The van der Waals surface area contributed by atoms with Crippen LogP contribution in [0.5, 0.6) is 5.75 Å². The first-order chi connectivity index (χ1) is 17.5. The number of nitrogens with one attached hydrogen (secondary N) is 2. The summed E-state index contributed by atoms with van der Waals surface area (Å²) >= 11 is 2.69. The number of esters is 1. The number of anilines is 2. The number of ether oxygens (including phenoxy) is 2. The molecule has 1 aromatic heterocycles. The predicted octanol–water partition coefficient (Wildman–Crippen LogP) is 5.52. The van der Waals surface area contributed by atoms with Crippen molar-refractivity contribution in [2.45, 2.75) is 62.1 Å². The molecule has 1 aliphatic carbocycles. The number of carbonyl (C=O) groups is 2. The van der Waals surface area contributed by atoms with Gasteiger partial charge in [0.15, 0.2) is 10.4 Å². The average molecular weight is 527 g/mol. The van der Waals surface area contributed by atoms with Crippen molar-refractivity contribution in [2.24, 2.45) is 0 Å². The molecule has 0 aliphatic heterocycles. The summed E-state index contributed by atoms with van der Waals surface area (Å²) in [5.41, 5.74) is 1.67. The highest BCUT2D eigenvalue weighted by molar-refractivity contribution is 8.01. The zero-order chi connectivity index (χ0) is 25.2. The van der Waals surface area contributed by atoms with Crippen molar-refractivity contribution in [1.82, 2.24) is 10.2 Å². The molecule has 0 bridgehead atoms. The van der Waals surface area contributed by atoms with Crippen molar-refractivity contribution in [1.29, 1.82) is 0 Å². The summed E-state index contributed by atoms with van der Waals surface area (Å²) < 4.78 is 11.7. The van der Waals surface area contributed by atoms with E-state index in [1.807, 2.05) is 30.3 Å². The van der Waals surface area contributed by atoms with E-state index in [0.717, 1.165) is 23.5 Å². The van der Waals surface area contributed by atoms with Crippen LogP contribution in [0, 0.1) is 0 Å². The van der Waals surface area contributed by atoms with Gasteiger partial charge in [0.25, 0.3) is 5.91 Å². The molecule has 1 aliphatic rings. The largest absolute Gasteiger partial charge is 0.489 e. The van der Waals surface area contributed by atoms with Crippen molar-refractivity contribution in [3.05, 3.63) is 60.2 Å². The molecular weight excluding hydrogens is 496 g/mol. The molecule has 3 aromatic rings. The fourth-order valence-electron chi connectivity index (χ4n) is 3.77. The molecule has 1 unspecified atom stereocenters. The highest BCUT2D eigenvalue weighted by Gasteiger charge is 2.19. The molecule has 0 saturated heterocycles. The monoisotopic (exact) mass is 526 g/mol. The summed E-state index contributed by atoms with van der Waals surface area (Å²) in [5, 5.41) is 15.3. The van der Waals surface area contributed by atoms with Gasteiger partial charge in [-0.05, 0) is 49.6 Å². The standard InChI is InChI=1S/C26H30N4O4S2/c1-18(24(32)27-21-12-14-22(15-13-21)33-16-19-8-4-2-5-9-19)34-23(31)17-35-26-30-29-25(36-26)28-20-10-6-3-7-11-20/h2,4-5,8-9,12-15,18,20H,3,6-7,10-11,16-17H2,1H3,(H,27,32)(H,28,29). The molecule has 1 fully saturated rings. The Hall–Kier alpha value is -3.11. The molecule has 8 nitrogen and oxygen atoms in total. The minimum atomic E-state index is -0.926. The number of nitrogens with zero attached hydrogens (tertiary/aromatic N) is 2. The normalized spacial score (nSPS) is 14.6. The second-order valence-corrected chi connectivity index (χ2v) is 10.8. The predicted molar refractivity (Wildman–Crippen MR) is 143 cm³/mol. The van der Waals surface area contributed by atoms with Crippen LogP contribution in [-0.2, 0) is 20.9 Å². The quantitative estimate of drug-likeness (QED) is 0.249.